The fourth-order valence-corrected chi connectivity index (χ4v) is 6.60. The van der Waals surface area contributed by atoms with Gasteiger partial charge < -0.3 is 16.0 Å². The predicted molar refractivity (Wildman–Crippen MR) is 232 cm³/mol. The van der Waals surface area contributed by atoms with Gasteiger partial charge >= 0.3 is 11.5 Å². The van der Waals surface area contributed by atoms with Crippen LogP contribution in [-0.2, 0) is 20.8 Å². The zero-order valence-electron chi connectivity index (χ0n) is 33.1. The molecular formula is C43H29Cl2N11O9. The molecule has 0 aliphatic carbocycles. The number of rotatable bonds is 12. The Morgan fingerprint density at radius 2 is 0.969 bits per heavy atom. The highest BCUT2D eigenvalue weighted by atomic mass is 35.5. The Bertz CT molecular complexity index is 3170. The number of carbonyl (C=O) groups excluding carboxylic acids is 3. The molecule has 0 unspecified atom stereocenters. The van der Waals surface area contributed by atoms with Crippen molar-refractivity contribution in [2.75, 3.05) is 16.0 Å². The van der Waals surface area contributed by atoms with Crippen LogP contribution in [0.5, 0.6) is 0 Å². The van der Waals surface area contributed by atoms with Gasteiger partial charge in [0.2, 0.25) is 29.4 Å². The molecule has 3 N–H and O–H groups in total. The van der Waals surface area contributed by atoms with Gasteiger partial charge in [-0.2, -0.15) is 0 Å². The number of halogens is 2. The zero-order chi connectivity index (χ0) is 45.3. The molecule has 4 heterocycles. The van der Waals surface area contributed by atoms with Gasteiger partial charge in [-0.3, -0.25) is 23.4 Å². The van der Waals surface area contributed by atoms with Crippen LogP contribution in [0.2, 0.25) is 10.0 Å². The van der Waals surface area contributed by atoms with E-state index in [-0.39, 0.29) is 46.8 Å². The van der Waals surface area contributed by atoms with Crippen molar-refractivity contribution >= 4 is 58.0 Å². The molecule has 0 aliphatic heterocycles. The number of para-hydroxylation sites is 3. The van der Waals surface area contributed by atoms with Crippen molar-refractivity contribution in [1.82, 2.24) is 40.1 Å². The average Bonchev–Trinajstić information content (AvgIpc) is 4.12. The summed E-state index contributed by atoms with van der Waals surface area (Å²) >= 11 is 12.1. The molecule has 20 nitrogen and oxygen atoms in total. The van der Waals surface area contributed by atoms with Crippen molar-refractivity contribution in [3.05, 3.63) is 182 Å². The Morgan fingerprint density at radius 1 is 0.523 bits per heavy atom. The van der Waals surface area contributed by atoms with Crippen molar-refractivity contribution in [1.29, 1.82) is 0 Å². The highest BCUT2D eigenvalue weighted by Crippen LogP contribution is 2.30. The second-order valence-corrected chi connectivity index (χ2v) is 14.3. The summed E-state index contributed by atoms with van der Waals surface area (Å²) in [6.45, 7) is 0. The summed E-state index contributed by atoms with van der Waals surface area (Å²) in [5.74, 6) is -4.95. The first-order valence-corrected chi connectivity index (χ1v) is 19.8. The third-order valence-corrected chi connectivity index (χ3v) is 9.57. The minimum atomic E-state index is -1.54. The summed E-state index contributed by atoms with van der Waals surface area (Å²) in [5, 5.41) is 31.7. The molecule has 4 aromatic heterocycles. The molecule has 9 aromatic rings. The van der Waals surface area contributed by atoms with E-state index in [0.29, 0.717) is 38.5 Å². The third kappa shape index (κ3) is 9.99. The van der Waals surface area contributed by atoms with E-state index in [2.05, 4.69) is 46.9 Å². The molecule has 5 aromatic carbocycles. The Balaban J connectivity index is 0.000000184. The molecule has 3 amide bonds. The smallest absolute Gasteiger partial charge is 0.326 e. The Kier molecular flexibility index (Phi) is 12.9. The van der Waals surface area contributed by atoms with Gasteiger partial charge in [0.05, 0.1) is 17.8 Å². The lowest BCUT2D eigenvalue weighted by molar-refractivity contribution is -0.126. The summed E-state index contributed by atoms with van der Waals surface area (Å²) in [7, 11) is 0. The Morgan fingerprint density at radius 3 is 1.46 bits per heavy atom. The fourth-order valence-electron chi connectivity index (χ4n) is 6.24. The maximum atomic E-state index is 13.4. The molecule has 0 atom stereocenters. The van der Waals surface area contributed by atoms with Gasteiger partial charge in [0, 0.05) is 27.1 Å². The van der Waals surface area contributed by atoms with Crippen LogP contribution in [0.25, 0.3) is 34.4 Å². The lowest BCUT2D eigenvalue weighted by atomic mass is 10.0. The second-order valence-electron chi connectivity index (χ2n) is 13.5. The van der Waals surface area contributed by atoms with E-state index in [9.17, 15) is 24.0 Å². The van der Waals surface area contributed by atoms with Crippen molar-refractivity contribution < 1.29 is 32.7 Å². The summed E-state index contributed by atoms with van der Waals surface area (Å²) in [6.07, 6.45) is -0.135. The van der Waals surface area contributed by atoms with E-state index in [1.165, 1.54) is 10.6 Å². The van der Waals surface area contributed by atoms with E-state index >= 15 is 0 Å². The van der Waals surface area contributed by atoms with Gasteiger partial charge in [-0.05, 0) is 83.1 Å². The summed E-state index contributed by atoms with van der Waals surface area (Å²) in [4.78, 5) is 63.8. The number of hydrogen-bond acceptors (Lipinski definition) is 15. The first-order chi connectivity index (χ1) is 31.6. The number of carbonyl (C=O) groups is 3. The van der Waals surface area contributed by atoms with Gasteiger partial charge in [-0.1, -0.05) is 111 Å². The number of nitrogens with one attached hydrogen (secondary N) is 3. The summed E-state index contributed by atoms with van der Waals surface area (Å²) in [6, 6.07) is 39.1. The minimum absolute atomic E-state index is 0.0519. The topological polar surface area (TPSA) is 261 Å². The molecule has 65 heavy (non-hydrogen) atoms. The summed E-state index contributed by atoms with van der Waals surface area (Å²) < 4.78 is 21.6. The Labute approximate surface area is 374 Å². The number of amides is 3. The largest absolute Gasteiger partial charge is 0.446 e. The number of hydrogen-bond donors (Lipinski definition) is 3. The Hall–Kier alpha value is -8.75. The van der Waals surface area contributed by atoms with Crippen molar-refractivity contribution in [2.45, 2.75) is 12.3 Å². The number of anilines is 3. The van der Waals surface area contributed by atoms with Crippen LogP contribution in [0.1, 0.15) is 17.3 Å². The monoisotopic (exact) mass is 913 g/mol. The van der Waals surface area contributed by atoms with Gasteiger partial charge in [0.15, 0.2) is 17.3 Å². The molecule has 0 aliphatic rings. The lowest BCUT2D eigenvalue weighted by Gasteiger charge is -2.15. The first kappa shape index (κ1) is 42.9. The maximum Gasteiger partial charge on any atom is 0.446 e. The van der Waals surface area contributed by atoms with E-state index in [4.69, 9.17) is 41.5 Å². The van der Waals surface area contributed by atoms with Gasteiger partial charge in [0.25, 0.3) is 0 Å². The standard InChI is InChI=1S/C25H17ClN6O5.C18H12ClN5O4/c26-15-8-7-13-18(14-15)32-22(31-36-25(32)35)21-20(29-37-30-21)19(23(33)27-16-9-3-1-4-10-16)24(34)28-17-11-5-2-6-12-17;19-11-5-4-8-13(9-11)24-17(23-27-18(24)26)16-14(21-28-22-16)10-15(25)20-12-6-2-1-3-7-12/h1-14,19H,(H,27,33)(H,28,34);1-9H,10H2,(H,20,25). The van der Waals surface area contributed by atoms with Crippen LogP contribution in [0.4, 0.5) is 17.1 Å². The van der Waals surface area contributed by atoms with E-state index in [0.717, 1.165) is 4.57 Å². The first-order valence-electron chi connectivity index (χ1n) is 19.0. The highest BCUT2D eigenvalue weighted by molar-refractivity contribution is 6.31. The van der Waals surface area contributed by atoms with Gasteiger partial charge in [0.1, 0.15) is 11.4 Å². The maximum absolute atomic E-state index is 13.4. The normalized spacial score (nSPS) is 10.8. The number of nitrogens with zero attached hydrogens (tertiary/aromatic N) is 8. The lowest BCUT2D eigenvalue weighted by Crippen LogP contribution is -2.33. The minimum Gasteiger partial charge on any atom is -0.326 e. The van der Waals surface area contributed by atoms with E-state index in [1.807, 2.05) is 6.07 Å². The van der Waals surface area contributed by atoms with Gasteiger partial charge in [-0.25, -0.2) is 28.0 Å². The van der Waals surface area contributed by atoms with Crippen LogP contribution in [-0.4, -0.2) is 57.8 Å². The molecule has 0 saturated heterocycles. The molecular weight excluding hydrogens is 885 g/mol. The zero-order valence-corrected chi connectivity index (χ0v) is 34.6. The van der Waals surface area contributed by atoms with Crippen LogP contribution in [0.15, 0.2) is 167 Å². The van der Waals surface area contributed by atoms with Crippen LogP contribution in [0, 0.1) is 0 Å². The quantitative estimate of drug-likeness (QED) is 0.109. The molecule has 0 saturated carbocycles. The van der Waals surface area contributed by atoms with E-state index in [1.54, 1.807) is 127 Å². The van der Waals surface area contributed by atoms with Crippen molar-refractivity contribution in [2.24, 2.45) is 0 Å². The number of benzene rings is 5. The van der Waals surface area contributed by atoms with Crippen LogP contribution in [0.3, 0.4) is 0 Å². The predicted octanol–water partition coefficient (Wildman–Crippen LogP) is 6.60. The molecule has 22 heteroatoms. The summed E-state index contributed by atoms with van der Waals surface area (Å²) in [5.41, 5.74) is 2.32. The second kappa shape index (κ2) is 19.5. The molecule has 0 fully saturated rings. The average molecular weight is 915 g/mol. The SMILES string of the molecule is O=C(Cc1nonc1-c1noc(=O)n1-c1cccc(Cl)c1)Nc1ccccc1.O=C(Nc1ccccc1)C(C(=O)Nc1ccccc1)c1nonc1-c1noc(=O)n1-c1cccc(Cl)c1. The van der Waals surface area contributed by atoms with Crippen LogP contribution >= 0.6 is 23.2 Å². The highest BCUT2D eigenvalue weighted by Gasteiger charge is 2.37. The fraction of sp³-hybridized carbons (Fsp3) is 0.0465. The van der Waals surface area contributed by atoms with Crippen molar-refractivity contribution in [3.8, 4) is 34.4 Å². The molecule has 324 valence electrons. The van der Waals surface area contributed by atoms with Crippen LogP contribution < -0.4 is 27.5 Å². The molecule has 9 rings (SSSR count). The third-order valence-electron chi connectivity index (χ3n) is 9.10. The molecule has 0 radical (unpaired) electrons. The van der Waals surface area contributed by atoms with E-state index < -0.39 is 29.2 Å². The molecule has 0 spiro atoms. The van der Waals surface area contributed by atoms with Crippen molar-refractivity contribution in [3.63, 3.8) is 0 Å². The number of aromatic nitrogens is 8. The molecule has 0 bridgehead atoms. The van der Waals surface area contributed by atoms with Gasteiger partial charge in [-0.15, -0.1) is 0 Å².